The van der Waals surface area contributed by atoms with Crippen LogP contribution in [0.1, 0.15) is 33.6 Å². The van der Waals surface area contributed by atoms with E-state index in [4.69, 9.17) is 4.74 Å². The van der Waals surface area contributed by atoms with Gasteiger partial charge in [0.05, 0.1) is 12.2 Å². The highest BCUT2D eigenvalue weighted by molar-refractivity contribution is 7.16. The number of nitrogens with zero attached hydrogens (tertiary/aromatic N) is 2. The van der Waals surface area contributed by atoms with Gasteiger partial charge in [0.2, 0.25) is 5.91 Å². The van der Waals surface area contributed by atoms with Crippen molar-refractivity contribution < 1.29 is 14.3 Å². The van der Waals surface area contributed by atoms with Gasteiger partial charge in [-0.15, -0.1) is 11.3 Å². The number of hydrogen-bond donors (Lipinski definition) is 2. The van der Waals surface area contributed by atoms with Gasteiger partial charge < -0.3 is 15.4 Å². The fraction of sp³-hybridized carbons (Fsp3) is 0.250. The van der Waals surface area contributed by atoms with Crippen LogP contribution in [-0.4, -0.2) is 23.6 Å². The summed E-state index contributed by atoms with van der Waals surface area (Å²) in [5.41, 5.74) is 3.41. The molecule has 1 aliphatic carbocycles. The minimum absolute atomic E-state index is 0.175. The number of thiophene rings is 2. The number of alkyl carbamates (subject to hydrolysis) is 1. The van der Waals surface area contributed by atoms with Gasteiger partial charge >= 0.3 is 6.09 Å². The van der Waals surface area contributed by atoms with Crippen molar-refractivity contribution >= 4 is 45.8 Å². The van der Waals surface area contributed by atoms with Crippen LogP contribution in [0.4, 0.5) is 9.80 Å². The van der Waals surface area contributed by atoms with E-state index in [1.54, 1.807) is 29.8 Å². The second-order valence-corrected chi connectivity index (χ2v) is 9.51. The third-order valence-electron chi connectivity index (χ3n) is 5.30. The summed E-state index contributed by atoms with van der Waals surface area (Å²) in [5.74, 6) is -0.0876. The molecule has 33 heavy (non-hydrogen) atoms. The summed E-state index contributed by atoms with van der Waals surface area (Å²) in [5, 5.41) is 19.7. The number of amides is 2. The number of carbonyl (C=O) groups excluding carboxylic acids is 2. The lowest BCUT2D eigenvalue weighted by molar-refractivity contribution is -0.111. The van der Waals surface area contributed by atoms with Crippen LogP contribution in [0.2, 0.25) is 0 Å². The van der Waals surface area contributed by atoms with Crippen LogP contribution in [0.15, 0.2) is 47.4 Å². The van der Waals surface area contributed by atoms with Gasteiger partial charge in [0.15, 0.2) is 0 Å². The third-order valence-corrected chi connectivity index (χ3v) is 7.17. The average Bonchev–Trinajstić information content (AvgIpc) is 3.47. The van der Waals surface area contributed by atoms with Crippen molar-refractivity contribution in [3.05, 3.63) is 74.6 Å². The summed E-state index contributed by atoms with van der Waals surface area (Å²) >= 11 is 3.00. The third kappa shape index (κ3) is 6.06. The standard InChI is InChI=1S/C24H22N4O3S2/c25-11-20-19-5-3-17(14-31-24(30)27-13-18-2-1-8-26-12-18)10-21(19)33-23(20)28-22(29)6-4-16-7-9-32-15-16/h1-2,4,6-9,12,15,17H,3,5,10,13-14H2,(H,27,30)(H,28,29). The lowest BCUT2D eigenvalue weighted by Gasteiger charge is -2.21. The molecule has 0 bridgehead atoms. The number of ether oxygens (including phenoxy) is 1. The van der Waals surface area contributed by atoms with Gasteiger partial charge in [0, 0.05) is 29.9 Å². The van der Waals surface area contributed by atoms with E-state index in [1.165, 1.54) is 17.4 Å². The van der Waals surface area contributed by atoms with Crippen molar-refractivity contribution in [1.82, 2.24) is 10.3 Å². The maximum Gasteiger partial charge on any atom is 0.407 e. The molecule has 7 nitrogen and oxygen atoms in total. The SMILES string of the molecule is N#Cc1c(NC(=O)C=Cc2ccsc2)sc2c1CCC(COC(=O)NCc1cccnc1)C2. The highest BCUT2D eigenvalue weighted by atomic mass is 32.1. The Labute approximate surface area is 199 Å². The van der Waals surface area contributed by atoms with Crippen LogP contribution in [0.3, 0.4) is 0 Å². The van der Waals surface area contributed by atoms with Crippen molar-refractivity contribution in [2.75, 3.05) is 11.9 Å². The topological polar surface area (TPSA) is 104 Å². The van der Waals surface area contributed by atoms with Gasteiger partial charge in [-0.25, -0.2) is 4.79 Å². The van der Waals surface area contributed by atoms with E-state index in [0.29, 0.717) is 30.1 Å². The number of nitrogens with one attached hydrogen (secondary N) is 2. The molecule has 1 aliphatic rings. The summed E-state index contributed by atoms with van der Waals surface area (Å²) in [6, 6.07) is 7.88. The normalized spacial score (nSPS) is 14.9. The van der Waals surface area contributed by atoms with Crippen molar-refractivity contribution in [2.24, 2.45) is 5.92 Å². The van der Waals surface area contributed by atoms with Gasteiger partial charge in [-0.2, -0.15) is 16.6 Å². The molecule has 3 aromatic heterocycles. The van der Waals surface area contributed by atoms with Crippen molar-refractivity contribution in [3.63, 3.8) is 0 Å². The van der Waals surface area contributed by atoms with E-state index in [-0.39, 0.29) is 11.8 Å². The highest BCUT2D eigenvalue weighted by Crippen LogP contribution is 2.39. The summed E-state index contributed by atoms with van der Waals surface area (Å²) in [7, 11) is 0. The quantitative estimate of drug-likeness (QED) is 0.477. The molecule has 0 saturated carbocycles. The van der Waals surface area contributed by atoms with Crippen LogP contribution < -0.4 is 10.6 Å². The minimum atomic E-state index is -0.459. The molecule has 0 radical (unpaired) electrons. The zero-order chi connectivity index (χ0) is 23.0. The smallest absolute Gasteiger partial charge is 0.407 e. The molecular formula is C24H22N4O3S2. The molecule has 3 heterocycles. The maximum absolute atomic E-state index is 12.3. The maximum atomic E-state index is 12.3. The lowest BCUT2D eigenvalue weighted by atomic mass is 9.88. The molecule has 0 saturated heterocycles. The molecular weight excluding hydrogens is 456 g/mol. The summed E-state index contributed by atoms with van der Waals surface area (Å²) < 4.78 is 5.40. The second-order valence-electron chi connectivity index (χ2n) is 7.62. The Morgan fingerprint density at radius 3 is 3.03 bits per heavy atom. The molecule has 0 aromatic carbocycles. The zero-order valence-corrected chi connectivity index (χ0v) is 19.4. The Hall–Kier alpha value is -3.48. The summed E-state index contributed by atoms with van der Waals surface area (Å²) in [4.78, 5) is 29.4. The molecule has 0 spiro atoms. The monoisotopic (exact) mass is 478 g/mol. The van der Waals surface area contributed by atoms with E-state index in [2.05, 4.69) is 21.7 Å². The van der Waals surface area contributed by atoms with Gasteiger partial charge in [0.25, 0.3) is 0 Å². The summed E-state index contributed by atoms with van der Waals surface area (Å²) in [6.07, 6.45) is 8.40. The Kier molecular flexibility index (Phi) is 7.50. The number of nitriles is 1. The van der Waals surface area contributed by atoms with E-state index >= 15 is 0 Å². The van der Waals surface area contributed by atoms with Crippen LogP contribution in [0.5, 0.6) is 0 Å². The van der Waals surface area contributed by atoms with E-state index < -0.39 is 6.09 Å². The first-order chi connectivity index (χ1) is 16.1. The molecule has 1 unspecified atom stereocenters. The molecule has 3 aromatic rings. The molecule has 2 amide bonds. The van der Waals surface area contributed by atoms with Crippen molar-refractivity contribution in [3.8, 4) is 6.07 Å². The number of hydrogen-bond acceptors (Lipinski definition) is 7. The van der Waals surface area contributed by atoms with E-state index in [1.807, 2.05) is 29.0 Å². The Balaban J connectivity index is 1.31. The molecule has 9 heteroatoms. The largest absolute Gasteiger partial charge is 0.449 e. The van der Waals surface area contributed by atoms with Gasteiger partial charge in [0.1, 0.15) is 11.1 Å². The fourth-order valence-corrected chi connectivity index (χ4v) is 5.56. The van der Waals surface area contributed by atoms with Crippen LogP contribution >= 0.6 is 22.7 Å². The number of rotatable bonds is 7. The predicted octanol–water partition coefficient (Wildman–Crippen LogP) is 4.76. The average molecular weight is 479 g/mol. The molecule has 0 fully saturated rings. The Morgan fingerprint density at radius 1 is 1.36 bits per heavy atom. The Bertz CT molecular complexity index is 1180. The van der Waals surface area contributed by atoms with Gasteiger partial charge in [-0.1, -0.05) is 6.07 Å². The van der Waals surface area contributed by atoms with Gasteiger partial charge in [-0.3, -0.25) is 9.78 Å². The number of aromatic nitrogens is 1. The molecule has 2 N–H and O–H groups in total. The second kappa shape index (κ2) is 10.9. The lowest BCUT2D eigenvalue weighted by Crippen LogP contribution is -2.27. The predicted molar refractivity (Wildman–Crippen MR) is 129 cm³/mol. The Morgan fingerprint density at radius 2 is 2.27 bits per heavy atom. The highest BCUT2D eigenvalue weighted by Gasteiger charge is 2.27. The molecule has 168 valence electrons. The zero-order valence-electron chi connectivity index (χ0n) is 17.7. The number of carbonyl (C=O) groups is 2. The van der Waals surface area contributed by atoms with Crippen molar-refractivity contribution in [1.29, 1.82) is 5.26 Å². The minimum Gasteiger partial charge on any atom is -0.449 e. The van der Waals surface area contributed by atoms with E-state index in [9.17, 15) is 14.9 Å². The number of anilines is 1. The van der Waals surface area contributed by atoms with Gasteiger partial charge in [-0.05, 0) is 70.8 Å². The number of fused-ring (bicyclic) bond motifs is 1. The van der Waals surface area contributed by atoms with Crippen LogP contribution in [0.25, 0.3) is 6.08 Å². The molecule has 1 atom stereocenters. The molecule has 4 rings (SSSR count). The van der Waals surface area contributed by atoms with E-state index in [0.717, 1.165) is 34.4 Å². The first-order valence-electron chi connectivity index (χ1n) is 10.5. The van der Waals surface area contributed by atoms with Crippen molar-refractivity contribution in [2.45, 2.75) is 25.8 Å². The first-order valence-corrected chi connectivity index (χ1v) is 12.2. The fourth-order valence-electron chi connectivity index (χ4n) is 3.62. The first kappa shape index (κ1) is 22.7. The van der Waals surface area contributed by atoms with Crippen LogP contribution in [0, 0.1) is 17.2 Å². The molecule has 0 aliphatic heterocycles. The number of pyridine rings is 1. The van der Waals surface area contributed by atoms with Crippen LogP contribution in [-0.2, 0) is 28.9 Å². The summed E-state index contributed by atoms with van der Waals surface area (Å²) in [6.45, 7) is 0.672.